The molecule has 1 aliphatic carbocycles. The van der Waals surface area contributed by atoms with E-state index < -0.39 is 0 Å². The van der Waals surface area contributed by atoms with Crippen LogP contribution in [0.25, 0.3) is 17.1 Å². The van der Waals surface area contributed by atoms with E-state index in [9.17, 15) is 0 Å². The Bertz CT molecular complexity index is 675. The van der Waals surface area contributed by atoms with Crippen LogP contribution in [0.1, 0.15) is 18.7 Å². The number of hydrogen-bond donors (Lipinski definition) is 1. The van der Waals surface area contributed by atoms with Gasteiger partial charge in [0.05, 0.1) is 24.2 Å². The normalized spacial score (nSPS) is 21.2. The number of aromatic amines is 1. The van der Waals surface area contributed by atoms with Gasteiger partial charge in [0.15, 0.2) is 0 Å². The maximum Gasteiger partial charge on any atom is 0.131 e. The molecule has 0 amide bonds. The summed E-state index contributed by atoms with van der Waals surface area (Å²) in [5.41, 5.74) is 4.88. The number of H-pyrrole nitrogens is 1. The summed E-state index contributed by atoms with van der Waals surface area (Å²) in [5.74, 6) is 0.951. The molecule has 0 bridgehead atoms. The van der Waals surface area contributed by atoms with Crippen LogP contribution in [-0.2, 0) is 4.74 Å². The Balaban J connectivity index is 1.63. The minimum absolute atomic E-state index is 0.829. The number of imidazole rings is 1. The first-order chi connectivity index (χ1) is 10.4. The molecule has 0 radical (unpaired) electrons. The van der Waals surface area contributed by atoms with Crippen molar-refractivity contribution < 1.29 is 4.74 Å². The molecule has 1 aromatic heterocycles. The largest absolute Gasteiger partial charge is 0.378 e. The molecule has 1 aromatic carbocycles. The molecule has 4 rings (SSSR count). The average molecular weight is 281 g/mol. The van der Waals surface area contributed by atoms with Gasteiger partial charge in [0.25, 0.3) is 0 Å². The van der Waals surface area contributed by atoms with Crippen molar-refractivity contribution in [1.29, 1.82) is 0 Å². The number of allylic oxidation sites excluding steroid dienone is 2. The molecule has 2 aromatic rings. The van der Waals surface area contributed by atoms with Crippen LogP contribution >= 0.6 is 0 Å². The second-order valence-electron chi connectivity index (χ2n) is 5.54. The number of fused-ring (bicyclic) bond motifs is 1. The summed E-state index contributed by atoms with van der Waals surface area (Å²) in [6, 6.07) is 8.17. The number of morpholine rings is 1. The summed E-state index contributed by atoms with van der Waals surface area (Å²) in [4.78, 5) is 10.5. The lowest BCUT2D eigenvalue weighted by atomic mass is 10.1. The van der Waals surface area contributed by atoms with Crippen LogP contribution in [0.15, 0.2) is 41.6 Å². The van der Waals surface area contributed by atoms with Gasteiger partial charge >= 0.3 is 0 Å². The first-order valence-electron chi connectivity index (χ1n) is 7.59. The molecule has 4 heteroatoms. The standard InChI is InChI=1S/C17H19N3O/c1-2-6-15-14(5-1)18-17(19-15)12-13-4-3-7-16(13)20-8-10-21-11-9-20/h1-2,5-7,12H,3-4,8-11H2,(H,18,19)/b13-12+. The van der Waals surface area contributed by atoms with Crippen LogP contribution in [0.2, 0.25) is 0 Å². The van der Waals surface area contributed by atoms with Crippen LogP contribution in [0, 0.1) is 0 Å². The van der Waals surface area contributed by atoms with E-state index in [1.165, 1.54) is 11.3 Å². The Morgan fingerprint density at radius 2 is 2.05 bits per heavy atom. The zero-order valence-electron chi connectivity index (χ0n) is 12.0. The number of ether oxygens (including phenoxy) is 1. The number of nitrogens with one attached hydrogen (secondary N) is 1. The summed E-state index contributed by atoms with van der Waals surface area (Å²) < 4.78 is 5.45. The molecule has 1 N–H and O–H groups in total. The fraction of sp³-hybridized carbons (Fsp3) is 0.353. The highest BCUT2D eigenvalue weighted by Crippen LogP contribution is 2.30. The van der Waals surface area contributed by atoms with E-state index in [4.69, 9.17) is 4.74 Å². The molecule has 1 fully saturated rings. The highest BCUT2D eigenvalue weighted by Gasteiger charge is 2.20. The predicted octanol–water partition coefficient (Wildman–Crippen LogP) is 2.96. The van der Waals surface area contributed by atoms with Crippen molar-refractivity contribution in [2.24, 2.45) is 0 Å². The second kappa shape index (κ2) is 5.37. The first-order valence-corrected chi connectivity index (χ1v) is 7.59. The molecule has 2 heterocycles. The fourth-order valence-electron chi connectivity index (χ4n) is 3.11. The van der Waals surface area contributed by atoms with E-state index in [0.717, 1.165) is 56.0 Å². The van der Waals surface area contributed by atoms with Gasteiger partial charge in [0, 0.05) is 18.8 Å². The third-order valence-corrected chi connectivity index (χ3v) is 4.15. The van der Waals surface area contributed by atoms with Gasteiger partial charge in [-0.2, -0.15) is 0 Å². The van der Waals surface area contributed by atoms with Crippen LogP contribution in [-0.4, -0.2) is 41.2 Å². The minimum atomic E-state index is 0.829. The highest BCUT2D eigenvalue weighted by atomic mass is 16.5. The molecule has 4 nitrogen and oxygen atoms in total. The second-order valence-corrected chi connectivity index (χ2v) is 5.54. The van der Waals surface area contributed by atoms with E-state index in [1.54, 1.807) is 0 Å². The van der Waals surface area contributed by atoms with Crippen LogP contribution in [0.4, 0.5) is 0 Å². The van der Waals surface area contributed by atoms with E-state index in [-0.39, 0.29) is 0 Å². The summed E-state index contributed by atoms with van der Waals surface area (Å²) in [6.07, 6.45) is 6.77. The SMILES string of the molecule is C1=C(N2CCOCC2)/C(=C/c2nc3ccccc3[nH]2)CC1. The van der Waals surface area contributed by atoms with Gasteiger partial charge in [0.2, 0.25) is 0 Å². The number of benzene rings is 1. The van der Waals surface area contributed by atoms with Crippen molar-refractivity contribution in [1.82, 2.24) is 14.9 Å². The van der Waals surface area contributed by atoms with Crippen molar-refractivity contribution >= 4 is 17.1 Å². The maximum absolute atomic E-state index is 5.45. The van der Waals surface area contributed by atoms with E-state index >= 15 is 0 Å². The Kier molecular flexibility index (Phi) is 3.24. The number of hydrogen-bond acceptors (Lipinski definition) is 3. The molecule has 0 unspecified atom stereocenters. The van der Waals surface area contributed by atoms with Gasteiger partial charge in [-0.3, -0.25) is 0 Å². The van der Waals surface area contributed by atoms with Gasteiger partial charge in [-0.25, -0.2) is 4.98 Å². The third-order valence-electron chi connectivity index (χ3n) is 4.15. The maximum atomic E-state index is 5.45. The molecule has 0 atom stereocenters. The van der Waals surface area contributed by atoms with E-state index in [0.29, 0.717) is 0 Å². The van der Waals surface area contributed by atoms with Gasteiger partial charge < -0.3 is 14.6 Å². The van der Waals surface area contributed by atoms with Crippen LogP contribution in [0.3, 0.4) is 0 Å². The number of para-hydroxylation sites is 2. The van der Waals surface area contributed by atoms with Crippen molar-refractivity contribution in [3.05, 3.63) is 47.4 Å². The molecule has 21 heavy (non-hydrogen) atoms. The summed E-state index contributed by atoms with van der Waals surface area (Å²) in [6.45, 7) is 3.64. The van der Waals surface area contributed by atoms with Crippen molar-refractivity contribution in [3.8, 4) is 0 Å². The number of rotatable bonds is 2. The zero-order valence-corrected chi connectivity index (χ0v) is 12.0. The summed E-state index contributed by atoms with van der Waals surface area (Å²) >= 11 is 0. The lowest BCUT2D eigenvalue weighted by molar-refractivity contribution is 0.0550. The summed E-state index contributed by atoms with van der Waals surface area (Å²) in [7, 11) is 0. The van der Waals surface area contributed by atoms with Gasteiger partial charge in [-0.05, 0) is 36.6 Å². The van der Waals surface area contributed by atoms with E-state index in [1.807, 2.05) is 18.2 Å². The molecule has 1 aliphatic heterocycles. The van der Waals surface area contributed by atoms with Crippen molar-refractivity contribution in [2.75, 3.05) is 26.3 Å². The molecular formula is C17H19N3O. The fourth-order valence-corrected chi connectivity index (χ4v) is 3.11. The summed E-state index contributed by atoms with van der Waals surface area (Å²) in [5, 5.41) is 0. The molecule has 108 valence electrons. The quantitative estimate of drug-likeness (QED) is 0.920. The smallest absolute Gasteiger partial charge is 0.131 e. The molecule has 0 saturated carbocycles. The topological polar surface area (TPSA) is 41.1 Å². The molecule has 2 aliphatic rings. The minimum Gasteiger partial charge on any atom is -0.378 e. The lowest BCUT2D eigenvalue weighted by Crippen LogP contribution is -2.35. The molecule has 1 saturated heterocycles. The lowest BCUT2D eigenvalue weighted by Gasteiger charge is -2.30. The van der Waals surface area contributed by atoms with Gasteiger partial charge in [0.1, 0.15) is 5.82 Å². The predicted molar refractivity (Wildman–Crippen MR) is 83.8 cm³/mol. The zero-order chi connectivity index (χ0) is 14.1. The Morgan fingerprint density at radius 3 is 2.90 bits per heavy atom. The van der Waals surface area contributed by atoms with Crippen LogP contribution in [0.5, 0.6) is 0 Å². The van der Waals surface area contributed by atoms with Gasteiger partial charge in [-0.1, -0.05) is 18.2 Å². The number of aromatic nitrogens is 2. The van der Waals surface area contributed by atoms with Crippen molar-refractivity contribution in [3.63, 3.8) is 0 Å². The highest BCUT2D eigenvalue weighted by molar-refractivity contribution is 5.77. The Labute approximate surface area is 124 Å². The third kappa shape index (κ3) is 2.47. The Hall–Kier alpha value is -2.07. The monoisotopic (exact) mass is 281 g/mol. The average Bonchev–Trinajstić information content (AvgIpc) is 3.14. The van der Waals surface area contributed by atoms with Crippen LogP contribution < -0.4 is 0 Å². The molecule has 0 spiro atoms. The van der Waals surface area contributed by atoms with E-state index in [2.05, 4.69) is 33.1 Å². The Morgan fingerprint density at radius 1 is 1.19 bits per heavy atom. The van der Waals surface area contributed by atoms with Gasteiger partial charge in [-0.15, -0.1) is 0 Å². The molecular weight excluding hydrogens is 262 g/mol. The van der Waals surface area contributed by atoms with Crippen molar-refractivity contribution in [2.45, 2.75) is 12.8 Å². The first kappa shape index (κ1) is 12.7. The number of nitrogens with zero attached hydrogens (tertiary/aromatic N) is 2.